The first-order valence-electron chi connectivity index (χ1n) is 4.66. The molecule has 1 aliphatic heterocycles. The molecule has 1 amide bonds. The SMILES string of the molecule is CCN1C(=O)CC(=O)c2ccccc21. The van der Waals surface area contributed by atoms with E-state index in [1.54, 1.807) is 11.0 Å². The second-order valence-electron chi connectivity index (χ2n) is 3.26. The monoisotopic (exact) mass is 189 g/mol. The standard InChI is InChI=1S/C11H11NO2/c1-2-12-9-6-4-3-5-8(9)10(13)7-11(12)14/h3-6H,2,7H2,1H3. The van der Waals surface area contributed by atoms with Crippen LogP contribution in [-0.2, 0) is 4.79 Å². The van der Waals surface area contributed by atoms with E-state index in [4.69, 9.17) is 0 Å². The smallest absolute Gasteiger partial charge is 0.234 e. The van der Waals surface area contributed by atoms with E-state index in [1.165, 1.54) is 0 Å². The first-order chi connectivity index (χ1) is 6.74. The number of hydrogen-bond donors (Lipinski definition) is 0. The molecule has 1 aromatic carbocycles. The van der Waals surface area contributed by atoms with Crippen LogP contribution in [0.3, 0.4) is 0 Å². The number of fused-ring (bicyclic) bond motifs is 1. The minimum atomic E-state index is -0.101. The summed E-state index contributed by atoms with van der Waals surface area (Å²) in [6, 6.07) is 7.24. The molecule has 0 radical (unpaired) electrons. The summed E-state index contributed by atoms with van der Waals surface area (Å²) in [7, 11) is 0. The molecule has 0 bridgehead atoms. The Hall–Kier alpha value is -1.64. The molecule has 0 aliphatic carbocycles. The number of benzene rings is 1. The van der Waals surface area contributed by atoms with Crippen LogP contribution in [-0.4, -0.2) is 18.2 Å². The molecule has 0 aromatic heterocycles. The zero-order valence-electron chi connectivity index (χ0n) is 7.99. The Labute approximate surface area is 82.3 Å². The molecule has 1 heterocycles. The van der Waals surface area contributed by atoms with Crippen LogP contribution in [0.1, 0.15) is 23.7 Å². The highest BCUT2D eigenvalue weighted by Gasteiger charge is 2.27. The van der Waals surface area contributed by atoms with Crippen LogP contribution in [0, 0.1) is 0 Å². The maximum atomic E-state index is 11.5. The number of ketones is 1. The highest BCUT2D eigenvalue weighted by Crippen LogP contribution is 2.26. The van der Waals surface area contributed by atoms with Gasteiger partial charge in [0.2, 0.25) is 5.91 Å². The largest absolute Gasteiger partial charge is 0.312 e. The quantitative estimate of drug-likeness (QED) is 0.629. The lowest BCUT2D eigenvalue weighted by Gasteiger charge is -2.27. The number of hydrogen-bond acceptors (Lipinski definition) is 2. The maximum Gasteiger partial charge on any atom is 0.234 e. The van der Waals surface area contributed by atoms with Gasteiger partial charge in [0.05, 0.1) is 12.1 Å². The van der Waals surface area contributed by atoms with Crippen molar-refractivity contribution in [3.8, 4) is 0 Å². The van der Waals surface area contributed by atoms with Gasteiger partial charge in [-0.2, -0.15) is 0 Å². The predicted molar refractivity (Wildman–Crippen MR) is 53.4 cm³/mol. The first-order valence-corrected chi connectivity index (χ1v) is 4.66. The average molecular weight is 189 g/mol. The number of amides is 1. The fourth-order valence-corrected chi connectivity index (χ4v) is 1.75. The Bertz CT molecular complexity index is 398. The number of anilines is 1. The van der Waals surface area contributed by atoms with Crippen molar-refractivity contribution in [3.63, 3.8) is 0 Å². The van der Waals surface area contributed by atoms with Crippen LogP contribution < -0.4 is 4.90 Å². The van der Waals surface area contributed by atoms with Crippen molar-refractivity contribution in [2.24, 2.45) is 0 Å². The fourth-order valence-electron chi connectivity index (χ4n) is 1.75. The van der Waals surface area contributed by atoms with E-state index in [-0.39, 0.29) is 18.1 Å². The molecule has 0 unspecified atom stereocenters. The average Bonchev–Trinajstić information content (AvgIpc) is 2.18. The van der Waals surface area contributed by atoms with Crippen LogP contribution in [0.5, 0.6) is 0 Å². The van der Waals surface area contributed by atoms with Gasteiger partial charge in [-0.1, -0.05) is 12.1 Å². The van der Waals surface area contributed by atoms with Gasteiger partial charge < -0.3 is 4.90 Å². The van der Waals surface area contributed by atoms with Crippen molar-refractivity contribution >= 4 is 17.4 Å². The summed E-state index contributed by atoms with van der Waals surface area (Å²) in [5, 5.41) is 0. The summed E-state index contributed by atoms with van der Waals surface area (Å²) in [5.41, 5.74) is 1.41. The van der Waals surface area contributed by atoms with Gasteiger partial charge in [-0.3, -0.25) is 9.59 Å². The molecule has 1 aliphatic rings. The maximum absolute atomic E-state index is 11.5. The third-order valence-corrected chi connectivity index (χ3v) is 2.42. The molecule has 0 saturated carbocycles. The summed E-state index contributed by atoms with van der Waals surface area (Å²) in [6.07, 6.45) is 0.00481. The summed E-state index contributed by atoms with van der Waals surface area (Å²) >= 11 is 0. The van der Waals surface area contributed by atoms with Crippen molar-refractivity contribution in [3.05, 3.63) is 29.8 Å². The Morgan fingerprint density at radius 3 is 2.71 bits per heavy atom. The van der Waals surface area contributed by atoms with Gasteiger partial charge in [-0.05, 0) is 19.1 Å². The van der Waals surface area contributed by atoms with Crippen molar-refractivity contribution in [1.82, 2.24) is 0 Å². The van der Waals surface area contributed by atoms with E-state index < -0.39 is 0 Å². The lowest BCUT2D eigenvalue weighted by molar-refractivity contribution is -0.117. The molecule has 72 valence electrons. The minimum Gasteiger partial charge on any atom is -0.312 e. The van der Waals surface area contributed by atoms with Gasteiger partial charge in [0.25, 0.3) is 0 Å². The second kappa shape index (κ2) is 3.25. The van der Waals surface area contributed by atoms with Gasteiger partial charge in [0, 0.05) is 12.1 Å². The van der Waals surface area contributed by atoms with Gasteiger partial charge in [-0.15, -0.1) is 0 Å². The van der Waals surface area contributed by atoms with E-state index in [9.17, 15) is 9.59 Å². The molecule has 2 rings (SSSR count). The van der Waals surface area contributed by atoms with E-state index in [0.29, 0.717) is 12.1 Å². The van der Waals surface area contributed by atoms with Gasteiger partial charge in [0.1, 0.15) is 0 Å². The lowest BCUT2D eigenvalue weighted by atomic mass is 10.00. The number of nitrogens with zero attached hydrogens (tertiary/aromatic N) is 1. The minimum absolute atomic E-state index is 0.00481. The van der Waals surface area contributed by atoms with Gasteiger partial charge in [0.15, 0.2) is 5.78 Å². The van der Waals surface area contributed by atoms with Crippen molar-refractivity contribution < 1.29 is 9.59 Å². The molecular formula is C11H11NO2. The summed E-state index contributed by atoms with van der Waals surface area (Å²) in [6.45, 7) is 2.52. The van der Waals surface area contributed by atoms with Crippen LogP contribution >= 0.6 is 0 Å². The van der Waals surface area contributed by atoms with Crippen molar-refractivity contribution in [2.75, 3.05) is 11.4 Å². The van der Waals surface area contributed by atoms with Crippen LogP contribution in [0.2, 0.25) is 0 Å². The molecule has 0 atom stereocenters. The topological polar surface area (TPSA) is 37.4 Å². The Balaban J connectivity index is 2.56. The first kappa shape index (κ1) is 8.94. The molecule has 0 spiro atoms. The zero-order chi connectivity index (χ0) is 10.1. The molecule has 3 nitrogen and oxygen atoms in total. The van der Waals surface area contributed by atoms with Gasteiger partial charge >= 0.3 is 0 Å². The van der Waals surface area contributed by atoms with E-state index >= 15 is 0 Å². The van der Waals surface area contributed by atoms with Crippen LogP contribution in [0.4, 0.5) is 5.69 Å². The van der Waals surface area contributed by atoms with Crippen molar-refractivity contribution in [2.45, 2.75) is 13.3 Å². The molecular weight excluding hydrogens is 178 g/mol. The molecule has 14 heavy (non-hydrogen) atoms. The van der Waals surface area contributed by atoms with E-state index in [1.807, 2.05) is 25.1 Å². The number of carbonyl (C=O) groups excluding carboxylic acids is 2. The Morgan fingerprint density at radius 1 is 1.29 bits per heavy atom. The van der Waals surface area contributed by atoms with Crippen molar-refractivity contribution in [1.29, 1.82) is 0 Å². The highest BCUT2D eigenvalue weighted by atomic mass is 16.2. The van der Waals surface area contributed by atoms with Gasteiger partial charge in [-0.25, -0.2) is 0 Å². The lowest BCUT2D eigenvalue weighted by Crippen LogP contribution is -2.37. The summed E-state index contributed by atoms with van der Waals surface area (Å²) < 4.78 is 0. The fraction of sp³-hybridized carbons (Fsp3) is 0.273. The molecule has 0 saturated heterocycles. The number of rotatable bonds is 1. The molecule has 0 fully saturated rings. The van der Waals surface area contributed by atoms with Crippen LogP contribution in [0.15, 0.2) is 24.3 Å². The zero-order valence-corrected chi connectivity index (χ0v) is 7.99. The number of Topliss-reactive ketones (excluding diaryl/α,β-unsaturated/α-hetero) is 1. The number of para-hydroxylation sites is 1. The van der Waals surface area contributed by atoms with Crippen LogP contribution in [0.25, 0.3) is 0 Å². The normalized spacial score (nSPS) is 15.6. The molecule has 1 aromatic rings. The Kier molecular flexibility index (Phi) is 2.08. The summed E-state index contributed by atoms with van der Waals surface area (Å²) in [4.78, 5) is 24.7. The third kappa shape index (κ3) is 1.21. The second-order valence-corrected chi connectivity index (χ2v) is 3.26. The molecule has 0 N–H and O–H groups in total. The molecule has 3 heteroatoms. The van der Waals surface area contributed by atoms with E-state index in [0.717, 1.165) is 5.69 Å². The number of carbonyl (C=O) groups is 2. The predicted octanol–water partition coefficient (Wildman–Crippen LogP) is 1.63. The van der Waals surface area contributed by atoms with E-state index in [2.05, 4.69) is 0 Å². The third-order valence-electron chi connectivity index (χ3n) is 2.42. The summed E-state index contributed by atoms with van der Waals surface area (Å²) in [5.74, 6) is -0.175. The Morgan fingerprint density at radius 2 is 2.00 bits per heavy atom. The highest BCUT2D eigenvalue weighted by molar-refractivity contribution is 6.19.